The van der Waals surface area contributed by atoms with Gasteiger partial charge in [-0.3, -0.25) is 4.98 Å². The Bertz CT molecular complexity index is 531. The van der Waals surface area contributed by atoms with Crippen LogP contribution in [0.3, 0.4) is 0 Å². The lowest BCUT2D eigenvalue weighted by atomic mass is 9.83. The van der Waals surface area contributed by atoms with Crippen molar-refractivity contribution in [3.63, 3.8) is 0 Å². The lowest BCUT2D eigenvalue weighted by molar-refractivity contribution is 0.328. The van der Waals surface area contributed by atoms with Crippen LogP contribution in [0.5, 0.6) is 0 Å². The van der Waals surface area contributed by atoms with E-state index < -0.39 is 0 Å². The van der Waals surface area contributed by atoms with Crippen molar-refractivity contribution in [1.29, 1.82) is 0 Å². The summed E-state index contributed by atoms with van der Waals surface area (Å²) in [7, 11) is 0. The summed E-state index contributed by atoms with van der Waals surface area (Å²) in [6.07, 6.45) is 1.97. The normalized spacial score (nSPS) is 13.8. The molecule has 0 saturated heterocycles. The Labute approximate surface area is 114 Å². The molecule has 1 heterocycles. The molecule has 1 aromatic carbocycles. The van der Waals surface area contributed by atoms with Gasteiger partial charge in [-0.25, -0.2) is 0 Å². The van der Waals surface area contributed by atoms with E-state index in [1.54, 1.807) is 0 Å². The maximum Gasteiger partial charge on any atom is 0.0705 e. The van der Waals surface area contributed by atoms with E-state index in [9.17, 15) is 0 Å². The number of hydrogen-bond acceptors (Lipinski definition) is 1. The molecule has 96 valence electrons. The summed E-state index contributed by atoms with van der Waals surface area (Å²) in [6, 6.07) is 12.5. The summed E-state index contributed by atoms with van der Waals surface area (Å²) in [6.45, 7) is 6.56. The Morgan fingerprint density at radius 2 is 1.89 bits per heavy atom. The minimum Gasteiger partial charge on any atom is -0.253 e. The molecule has 0 aliphatic carbocycles. The molecule has 0 N–H and O–H groups in total. The fraction of sp³-hybridized carbons (Fsp3) is 0.438. The first-order valence-corrected chi connectivity index (χ1v) is 6.89. The molecule has 2 aromatic rings. The summed E-state index contributed by atoms with van der Waals surface area (Å²) in [4.78, 5) is 4.72. The molecule has 0 bridgehead atoms. The van der Waals surface area contributed by atoms with Gasteiger partial charge in [-0.2, -0.15) is 0 Å². The molecule has 18 heavy (non-hydrogen) atoms. The second-order valence-electron chi connectivity index (χ2n) is 5.82. The number of aromatic nitrogens is 1. The fourth-order valence-electron chi connectivity index (χ4n) is 2.53. The van der Waals surface area contributed by atoms with Crippen molar-refractivity contribution in [1.82, 2.24) is 4.98 Å². The van der Waals surface area contributed by atoms with E-state index in [4.69, 9.17) is 16.6 Å². The summed E-state index contributed by atoms with van der Waals surface area (Å²) in [5.74, 6) is 0. The van der Waals surface area contributed by atoms with Crippen molar-refractivity contribution in [2.45, 2.75) is 39.0 Å². The van der Waals surface area contributed by atoms with Gasteiger partial charge >= 0.3 is 0 Å². The third kappa shape index (κ3) is 3.46. The quantitative estimate of drug-likeness (QED) is 0.719. The highest BCUT2D eigenvalue weighted by Crippen LogP contribution is 2.29. The zero-order chi connectivity index (χ0) is 13.2. The molecule has 1 nitrogen and oxygen atoms in total. The van der Waals surface area contributed by atoms with Gasteiger partial charge < -0.3 is 0 Å². The molecule has 0 spiro atoms. The van der Waals surface area contributed by atoms with Gasteiger partial charge in [0.05, 0.1) is 5.52 Å². The average molecular weight is 262 g/mol. The lowest BCUT2D eigenvalue weighted by Crippen LogP contribution is -2.19. The zero-order valence-corrected chi connectivity index (χ0v) is 12.0. The summed E-state index contributed by atoms with van der Waals surface area (Å²) < 4.78 is 0. The van der Waals surface area contributed by atoms with Crippen molar-refractivity contribution in [2.24, 2.45) is 5.41 Å². The van der Waals surface area contributed by atoms with Crippen LogP contribution in [-0.4, -0.2) is 10.4 Å². The summed E-state index contributed by atoms with van der Waals surface area (Å²) in [5.41, 5.74) is 2.41. The van der Waals surface area contributed by atoms with E-state index in [1.165, 1.54) is 5.39 Å². The minimum absolute atomic E-state index is 0.191. The highest BCUT2D eigenvalue weighted by atomic mass is 35.5. The molecule has 0 aliphatic rings. The van der Waals surface area contributed by atoms with Crippen LogP contribution in [0.25, 0.3) is 10.9 Å². The molecule has 0 saturated carbocycles. The first-order valence-electron chi connectivity index (χ1n) is 6.45. The number of fused-ring (bicyclic) bond motifs is 1. The van der Waals surface area contributed by atoms with Crippen molar-refractivity contribution < 1.29 is 0 Å². The second kappa shape index (κ2) is 5.27. The third-order valence-corrected chi connectivity index (χ3v) is 3.30. The van der Waals surface area contributed by atoms with Crippen LogP contribution in [0.4, 0.5) is 0 Å². The molecule has 0 amide bonds. The van der Waals surface area contributed by atoms with E-state index in [1.807, 2.05) is 12.1 Å². The first kappa shape index (κ1) is 13.4. The zero-order valence-electron chi connectivity index (χ0n) is 11.3. The van der Waals surface area contributed by atoms with Crippen molar-refractivity contribution >= 4 is 22.5 Å². The van der Waals surface area contributed by atoms with Crippen LogP contribution < -0.4 is 0 Å². The van der Waals surface area contributed by atoms with Crippen molar-refractivity contribution in [3.05, 3.63) is 42.1 Å². The van der Waals surface area contributed by atoms with E-state index in [0.717, 1.165) is 24.1 Å². The van der Waals surface area contributed by atoms with E-state index in [2.05, 4.69) is 45.0 Å². The number of para-hydroxylation sites is 1. The molecule has 1 atom stereocenters. The molecule has 2 rings (SSSR count). The van der Waals surface area contributed by atoms with Crippen LogP contribution >= 0.6 is 11.6 Å². The number of benzene rings is 1. The Hall–Kier alpha value is -1.08. The van der Waals surface area contributed by atoms with Gasteiger partial charge in [0, 0.05) is 16.5 Å². The number of pyridine rings is 1. The van der Waals surface area contributed by atoms with Gasteiger partial charge in [-0.1, -0.05) is 38.1 Å². The third-order valence-electron chi connectivity index (χ3n) is 3.15. The lowest BCUT2D eigenvalue weighted by Gasteiger charge is -2.25. The average Bonchev–Trinajstić information content (AvgIpc) is 2.26. The SMILES string of the molecule is CC(Cl)CC(C)(C)Cc1ccc2ccccc2n1. The Balaban J connectivity index is 2.21. The Kier molecular flexibility index (Phi) is 3.91. The molecular weight excluding hydrogens is 242 g/mol. The summed E-state index contributed by atoms with van der Waals surface area (Å²) >= 11 is 6.10. The molecule has 0 radical (unpaired) electrons. The fourth-order valence-corrected chi connectivity index (χ4v) is 2.95. The molecule has 2 heteroatoms. The van der Waals surface area contributed by atoms with Gasteiger partial charge in [0.1, 0.15) is 0 Å². The Morgan fingerprint density at radius 3 is 2.61 bits per heavy atom. The van der Waals surface area contributed by atoms with Crippen LogP contribution in [0.1, 0.15) is 32.9 Å². The van der Waals surface area contributed by atoms with E-state index in [-0.39, 0.29) is 10.8 Å². The number of halogens is 1. The van der Waals surface area contributed by atoms with E-state index >= 15 is 0 Å². The smallest absolute Gasteiger partial charge is 0.0705 e. The van der Waals surface area contributed by atoms with Crippen molar-refractivity contribution in [2.75, 3.05) is 0 Å². The summed E-state index contributed by atoms with van der Waals surface area (Å²) in [5, 5.41) is 1.41. The van der Waals surface area contributed by atoms with Gasteiger partial charge in [0.15, 0.2) is 0 Å². The van der Waals surface area contributed by atoms with E-state index in [0.29, 0.717) is 0 Å². The largest absolute Gasteiger partial charge is 0.253 e. The topological polar surface area (TPSA) is 12.9 Å². The number of nitrogens with zero attached hydrogens (tertiary/aromatic N) is 1. The van der Waals surface area contributed by atoms with Crippen LogP contribution in [0.15, 0.2) is 36.4 Å². The molecule has 0 fully saturated rings. The monoisotopic (exact) mass is 261 g/mol. The molecule has 1 aromatic heterocycles. The second-order valence-corrected chi connectivity index (χ2v) is 6.57. The van der Waals surface area contributed by atoms with Crippen LogP contribution in [0.2, 0.25) is 0 Å². The van der Waals surface area contributed by atoms with Gasteiger partial charge in [0.25, 0.3) is 0 Å². The molecular formula is C16H20ClN. The Morgan fingerprint density at radius 1 is 1.17 bits per heavy atom. The molecule has 0 aliphatic heterocycles. The highest BCUT2D eigenvalue weighted by Gasteiger charge is 2.21. The highest BCUT2D eigenvalue weighted by molar-refractivity contribution is 6.20. The van der Waals surface area contributed by atoms with Gasteiger partial charge in [-0.15, -0.1) is 11.6 Å². The van der Waals surface area contributed by atoms with Gasteiger partial charge in [-0.05, 0) is 37.3 Å². The van der Waals surface area contributed by atoms with Crippen molar-refractivity contribution in [3.8, 4) is 0 Å². The minimum atomic E-state index is 0.191. The number of rotatable bonds is 4. The predicted molar refractivity (Wildman–Crippen MR) is 79.2 cm³/mol. The number of hydrogen-bond donors (Lipinski definition) is 0. The van der Waals surface area contributed by atoms with Crippen LogP contribution in [-0.2, 0) is 6.42 Å². The predicted octanol–water partition coefficient (Wildman–Crippen LogP) is 4.82. The first-order chi connectivity index (χ1) is 8.46. The standard InChI is InChI=1S/C16H20ClN/c1-12(17)10-16(2,3)11-14-9-8-13-6-4-5-7-15(13)18-14/h4-9,12H,10-11H2,1-3H3. The maximum absolute atomic E-state index is 6.10. The molecule has 1 unspecified atom stereocenters. The van der Waals surface area contributed by atoms with Crippen LogP contribution in [0, 0.1) is 5.41 Å². The maximum atomic E-state index is 6.10. The number of alkyl halides is 1. The van der Waals surface area contributed by atoms with Gasteiger partial charge in [0.2, 0.25) is 0 Å².